The number of carbonyl (C=O) groups is 2. The van der Waals surface area contributed by atoms with Crippen molar-refractivity contribution in [3.63, 3.8) is 0 Å². The van der Waals surface area contributed by atoms with Crippen LogP contribution in [0.2, 0.25) is 0 Å². The van der Waals surface area contributed by atoms with E-state index in [4.69, 9.17) is 9.40 Å². The first-order valence-electron chi connectivity index (χ1n) is 11.2. The second-order valence-electron chi connectivity index (χ2n) is 8.67. The molecule has 0 aliphatic carbocycles. The number of nitrogens with zero attached hydrogens (tertiary/aromatic N) is 5. The molecule has 1 aliphatic rings. The number of para-hydroxylation sites is 1. The highest BCUT2D eigenvalue weighted by atomic mass is 16.3. The molecule has 1 unspecified atom stereocenters. The fourth-order valence-electron chi connectivity index (χ4n) is 4.26. The summed E-state index contributed by atoms with van der Waals surface area (Å²) in [5.41, 5.74) is 2.83. The van der Waals surface area contributed by atoms with Gasteiger partial charge in [-0.3, -0.25) is 14.9 Å². The van der Waals surface area contributed by atoms with E-state index in [1.807, 2.05) is 55.1 Å². The lowest BCUT2D eigenvalue weighted by Gasteiger charge is -2.26. The van der Waals surface area contributed by atoms with Gasteiger partial charge in [0.2, 0.25) is 17.6 Å². The van der Waals surface area contributed by atoms with Crippen molar-refractivity contribution < 1.29 is 14.0 Å². The first kappa shape index (κ1) is 22.7. The second-order valence-corrected chi connectivity index (χ2v) is 8.67. The molecular weight excluding hydrogens is 420 g/mol. The Morgan fingerprint density at radius 3 is 2.91 bits per heavy atom. The van der Waals surface area contributed by atoms with Crippen LogP contribution in [-0.4, -0.2) is 69.9 Å². The zero-order chi connectivity index (χ0) is 23.4. The third-order valence-corrected chi connectivity index (χ3v) is 5.85. The Morgan fingerprint density at radius 1 is 1.30 bits per heavy atom. The number of carbonyl (C=O) groups excluding carboxylic acids is 2. The first-order chi connectivity index (χ1) is 15.9. The molecule has 1 aliphatic heterocycles. The summed E-state index contributed by atoms with van der Waals surface area (Å²) in [6, 6.07) is 5.91. The van der Waals surface area contributed by atoms with Gasteiger partial charge in [0.15, 0.2) is 6.39 Å². The molecule has 9 nitrogen and oxygen atoms in total. The van der Waals surface area contributed by atoms with E-state index >= 15 is 0 Å². The van der Waals surface area contributed by atoms with Crippen molar-refractivity contribution in [2.24, 2.45) is 0 Å². The number of anilines is 1. The highest BCUT2D eigenvalue weighted by molar-refractivity contribution is 6.02. The molecule has 1 aromatic carbocycles. The summed E-state index contributed by atoms with van der Waals surface area (Å²) in [7, 11) is 3.94. The van der Waals surface area contributed by atoms with Crippen LogP contribution in [0.1, 0.15) is 41.4 Å². The predicted octanol–water partition coefficient (Wildman–Crippen LogP) is 3.26. The minimum absolute atomic E-state index is 0.0112. The Kier molecular flexibility index (Phi) is 6.88. The maximum atomic E-state index is 12.9. The Morgan fingerprint density at radius 2 is 2.15 bits per heavy atom. The van der Waals surface area contributed by atoms with Crippen LogP contribution in [0.25, 0.3) is 11.0 Å². The molecule has 0 saturated carbocycles. The Bertz CT molecular complexity index is 1150. The molecule has 9 heteroatoms. The number of rotatable bonds is 6. The van der Waals surface area contributed by atoms with Crippen molar-refractivity contribution in [2.45, 2.75) is 32.2 Å². The number of nitrogens with one attached hydrogen (secondary N) is 1. The number of aryl methyl sites for hydroxylation is 1. The van der Waals surface area contributed by atoms with Gasteiger partial charge in [-0.2, -0.15) is 0 Å². The second kappa shape index (κ2) is 9.99. The molecule has 1 saturated heterocycles. The minimum Gasteiger partial charge on any atom is -0.438 e. The average Bonchev–Trinajstić information content (AvgIpc) is 3.37. The smallest absolute Gasteiger partial charge is 0.295 e. The minimum atomic E-state index is -0.408. The van der Waals surface area contributed by atoms with Crippen LogP contribution >= 0.6 is 0 Å². The number of imidazole rings is 1. The zero-order valence-electron chi connectivity index (χ0n) is 19.3. The van der Waals surface area contributed by atoms with Gasteiger partial charge in [0, 0.05) is 25.7 Å². The third-order valence-electron chi connectivity index (χ3n) is 5.85. The molecule has 0 radical (unpaired) electrons. The van der Waals surface area contributed by atoms with Crippen molar-refractivity contribution in [1.29, 1.82) is 0 Å². The van der Waals surface area contributed by atoms with Crippen LogP contribution in [0.3, 0.4) is 0 Å². The summed E-state index contributed by atoms with van der Waals surface area (Å²) in [6.45, 7) is 4.02. The van der Waals surface area contributed by atoms with E-state index in [2.05, 4.69) is 14.9 Å². The van der Waals surface area contributed by atoms with E-state index in [-0.39, 0.29) is 17.7 Å². The molecular formula is C24H30N6O3. The number of amides is 2. The van der Waals surface area contributed by atoms with Gasteiger partial charge in [0.25, 0.3) is 5.91 Å². The molecule has 174 valence electrons. The average molecular weight is 451 g/mol. The normalized spacial score (nSPS) is 17.1. The first-order valence-corrected chi connectivity index (χ1v) is 11.2. The van der Waals surface area contributed by atoms with Gasteiger partial charge in [0.05, 0.1) is 23.3 Å². The van der Waals surface area contributed by atoms with Gasteiger partial charge < -0.3 is 18.8 Å². The molecule has 4 rings (SSSR count). The summed E-state index contributed by atoms with van der Waals surface area (Å²) in [4.78, 5) is 38.1. The molecule has 33 heavy (non-hydrogen) atoms. The zero-order valence-corrected chi connectivity index (χ0v) is 19.3. The van der Waals surface area contributed by atoms with Crippen LogP contribution < -0.4 is 5.32 Å². The lowest BCUT2D eigenvalue weighted by molar-refractivity contribution is -0.126. The maximum absolute atomic E-state index is 12.9. The van der Waals surface area contributed by atoms with Crippen LogP contribution in [0.5, 0.6) is 0 Å². The van der Waals surface area contributed by atoms with Crippen LogP contribution in [0.15, 0.2) is 47.4 Å². The number of hydrogen-bond donors (Lipinski definition) is 1. The molecule has 1 atom stereocenters. The quantitative estimate of drug-likeness (QED) is 0.579. The van der Waals surface area contributed by atoms with Crippen molar-refractivity contribution in [3.8, 4) is 0 Å². The van der Waals surface area contributed by atoms with E-state index in [0.29, 0.717) is 25.6 Å². The van der Waals surface area contributed by atoms with Gasteiger partial charge in [-0.15, -0.1) is 0 Å². The molecule has 0 bridgehead atoms. The van der Waals surface area contributed by atoms with Crippen molar-refractivity contribution in [3.05, 3.63) is 54.3 Å². The highest BCUT2D eigenvalue weighted by Gasteiger charge is 2.27. The van der Waals surface area contributed by atoms with Crippen molar-refractivity contribution in [2.75, 3.05) is 39.0 Å². The summed E-state index contributed by atoms with van der Waals surface area (Å²) in [5.74, 6) is 0.171. The fraction of sp³-hybridized carbons (Fsp3) is 0.417. The maximum Gasteiger partial charge on any atom is 0.295 e. The highest BCUT2D eigenvalue weighted by Crippen LogP contribution is 2.32. The number of benzene rings is 1. The Hall–Kier alpha value is -3.46. The van der Waals surface area contributed by atoms with E-state index in [1.165, 1.54) is 12.6 Å². The molecule has 2 aromatic heterocycles. The van der Waals surface area contributed by atoms with Gasteiger partial charge in [-0.25, -0.2) is 9.97 Å². The lowest BCUT2D eigenvalue weighted by atomic mass is 10.1. The lowest BCUT2D eigenvalue weighted by Crippen LogP contribution is -2.34. The molecule has 1 N–H and O–H groups in total. The molecule has 1 fully saturated rings. The number of hydrogen-bond acceptors (Lipinski definition) is 6. The Balaban J connectivity index is 1.67. The fourth-order valence-corrected chi connectivity index (χ4v) is 4.26. The van der Waals surface area contributed by atoms with E-state index < -0.39 is 5.91 Å². The number of aromatic nitrogens is 3. The van der Waals surface area contributed by atoms with Gasteiger partial charge in [-0.1, -0.05) is 18.2 Å². The number of fused-ring (bicyclic) bond motifs is 1. The monoisotopic (exact) mass is 450 g/mol. The van der Waals surface area contributed by atoms with E-state index in [0.717, 1.165) is 35.9 Å². The largest absolute Gasteiger partial charge is 0.438 e. The molecule has 3 aromatic rings. The predicted molar refractivity (Wildman–Crippen MR) is 126 cm³/mol. The summed E-state index contributed by atoms with van der Waals surface area (Å²) >= 11 is 0. The van der Waals surface area contributed by atoms with Crippen molar-refractivity contribution >= 4 is 28.8 Å². The molecule has 2 amide bonds. The number of likely N-dealkylation sites (tertiary alicyclic amines) is 1. The molecule has 0 spiro atoms. The number of oxazole rings is 1. The van der Waals surface area contributed by atoms with E-state index in [1.54, 1.807) is 6.08 Å². The number of likely N-dealkylation sites (N-methyl/N-ethyl adjacent to an activating group) is 1. The SMILES string of the molecule is Cc1cccc2nc(NC(=O)c3cnco3)n(C3CCCCN(C(=O)C=CCN(C)C)C3)c12. The van der Waals surface area contributed by atoms with Gasteiger partial charge in [-0.05, 0) is 51.9 Å². The van der Waals surface area contributed by atoms with Gasteiger partial charge >= 0.3 is 0 Å². The van der Waals surface area contributed by atoms with Crippen LogP contribution in [-0.2, 0) is 4.79 Å². The van der Waals surface area contributed by atoms with Gasteiger partial charge in [0.1, 0.15) is 0 Å². The standard InChI is InChI=1S/C24H30N6O3/c1-17-8-6-10-19-22(17)30(24(26-19)27-23(32)20-14-25-16-33-20)18-9-4-5-13-29(15-18)21(31)11-7-12-28(2)3/h6-8,10-11,14,16,18H,4-5,9,12-13,15H2,1-3H3,(H,26,27,32). The summed E-state index contributed by atoms with van der Waals surface area (Å²) in [5, 5.41) is 2.89. The van der Waals surface area contributed by atoms with E-state index in [9.17, 15) is 9.59 Å². The Labute approximate surface area is 193 Å². The van der Waals surface area contributed by atoms with Crippen LogP contribution in [0.4, 0.5) is 5.95 Å². The topological polar surface area (TPSA) is 96.5 Å². The summed E-state index contributed by atoms with van der Waals surface area (Å²) < 4.78 is 7.23. The van der Waals surface area contributed by atoms with Crippen LogP contribution in [0, 0.1) is 6.92 Å². The van der Waals surface area contributed by atoms with Crippen molar-refractivity contribution in [1.82, 2.24) is 24.3 Å². The molecule has 3 heterocycles. The summed E-state index contributed by atoms with van der Waals surface area (Å²) in [6.07, 6.45) is 8.96. The third kappa shape index (κ3) is 5.14.